The number of carbonyl (C=O) groups excluding carboxylic acids is 1. The van der Waals surface area contributed by atoms with Gasteiger partial charge in [0.1, 0.15) is 0 Å². The van der Waals surface area contributed by atoms with Crippen molar-refractivity contribution in [1.82, 2.24) is 9.80 Å². The lowest BCUT2D eigenvalue weighted by molar-refractivity contribution is 0.0625. The zero-order chi connectivity index (χ0) is 13.8. The number of anilines is 1. The van der Waals surface area contributed by atoms with E-state index < -0.39 is 0 Å². The molecule has 0 saturated carbocycles. The molecule has 1 aromatic carbocycles. The molecule has 4 heteroatoms. The first kappa shape index (κ1) is 13.9. The van der Waals surface area contributed by atoms with E-state index in [4.69, 9.17) is 5.73 Å². The van der Waals surface area contributed by atoms with Crippen molar-refractivity contribution in [1.29, 1.82) is 0 Å². The third-order valence-corrected chi connectivity index (χ3v) is 3.47. The van der Waals surface area contributed by atoms with Crippen LogP contribution in [0.3, 0.4) is 0 Å². The van der Waals surface area contributed by atoms with Crippen molar-refractivity contribution in [3.05, 3.63) is 29.8 Å². The summed E-state index contributed by atoms with van der Waals surface area (Å²) in [6.07, 6.45) is 0. The minimum Gasteiger partial charge on any atom is -0.398 e. The van der Waals surface area contributed by atoms with Crippen LogP contribution in [0.25, 0.3) is 0 Å². The van der Waals surface area contributed by atoms with E-state index in [1.807, 2.05) is 17.0 Å². The van der Waals surface area contributed by atoms with Gasteiger partial charge in [0.25, 0.3) is 5.91 Å². The summed E-state index contributed by atoms with van der Waals surface area (Å²) >= 11 is 0. The monoisotopic (exact) mass is 261 g/mol. The van der Waals surface area contributed by atoms with Crippen LogP contribution in [0.4, 0.5) is 5.69 Å². The molecule has 1 amide bonds. The number of hydrogen-bond acceptors (Lipinski definition) is 3. The predicted molar refractivity (Wildman–Crippen MR) is 78.0 cm³/mol. The Morgan fingerprint density at radius 3 is 2.42 bits per heavy atom. The van der Waals surface area contributed by atoms with E-state index in [1.165, 1.54) is 0 Å². The van der Waals surface area contributed by atoms with Crippen LogP contribution in [0, 0.1) is 5.92 Å². The molecule has 1 aliphatic rings. The number of nitrogens with two attached hydrogens (primary N) is 1. The van der Waals surface area contributed by atoms with Gasteiger partial charge in [-0.1, -0.05) is 26.0 Å². The van der Waals surface area contributed by atoms with Crippen LogP contribution in [-0.4, -0.2) is 48.4 Å². The average molecular weight is 261 g/mol. The Bertz CT molecular complexity index is 437. The zero-order valence-electron chi connectivity index (χ0n) is 11.8. The van der Waals surface area contributed by atoms with E-state index in [0.29, 0.717) is 17.2 Å². The summed E-state index contributed by atoms with van der Waals surface area (Å²) in [5.74, 6) is 0.731. The van der Waals surface area contributed by atoms with Crippen molar-refractivity contribution >= 4 is 11.6 Å². The predicted octanol–water partition coefficient (Wildman–Crippen LogP) is 1.68. The first-order valence-electron chi connectivity index (χ1n) is 6.94. The number of piperazine rings is 1. The fourth-order valence-corrected chi connectivity index (χ4v) is 2.51. The quantitative estimate of drug-likeness (QED) is 0.842. The second-order valence-electron chi connectivity index (χ2n) is 5.57. The average Bonchev–Trinajstić information content (AvgIpc) is 2.39. The van der Waals surface area contributed by atoms with Crippen LogP contribution in [0.2, 0.25) is 0 Å². The third kappa shape index (κ3) is 3.47. The van der Waals surface area contributed by atoms with Crippen molar-refractivity contribution in [2.75, 3.05) is 38.5 Å². The maximum atomic E-state index is 12.4. The molecule has 1 saturated heterocycles. The van der Waals surface area contributed by atoms with Crippen LogP contribution >= 0.6 is 0 Å². The molecule has 104 valence electrons. The number of hydrogen-bond donors (Lipinski definition) is 1. The molecule has 0 spiro atoms. The molecule has 2 rings (SSSR count). The van der Waals surface area contributed by atoms with E-state index in [9.17, 15) is 4.79 Å². The van der Waals surface area contributed by atoms with E-state index in [0.717, 1.165) is 32.7 Å². The lowest BCUT2D eigenvalue weighted by Gasteiger charge is -2.35. The number of carbonyl (C=O) groups is 1. The Morgan fingerprint density at radius 2 is 1.84 bits per heavy atom. The van der Waals surface area contributed by atoms with Crippen LogP contribution in [0.15, 0.2) is 24.3 Å². The van der Waals surface area contributed by atoms with Crippen LogP contribution < -0.4 is 5.73 Å². The lowest BCUT2D eigenvalue weighted by Crippen LogP contribution is -2.49. The van der Waals surface area contributed by atoms with E-state index in [2.05, 4.69) is 18.7 Å². The van der Waals surface area contributed by atoms with Crippen molar-refractivity contribution in [3.8, 4) is 0 Å². The summed E-state index contributed by atoms with van der Waals surface area (Å²) in [4.78, 5) is 16.7. The Morgan fingerprint density at radius 1 is 1.21 bits per heavy atom. The minimum atomic E-state index is 0.0577. The van der Waals surface area contributed by atoms with Gasteiger partial charge in [-0.15, -0.1) is 0 Å². The van der Waals surface area contributed by atoms with Crippen LogP contribution in [0.5, 0.6) is 0 Å². The highest BCUT2D eigenvalue weighted by atomic mass is 16.2. The van der Waals surface area contributed by atoms with Gasteiger partial charge in [-0.2, -0.15) is 0 Å². The highest BCUT2D eigenvalue weighted by Gasteiger charge is 2.23. The molecule has 4 nitrogen and oxygen atoms in total. The number of nitrogen functional groups attached to an aromatic ring is 1. The molecule has 0 radical (unpaired) electrons. The summed E-state index contributed by atoms with van der Waals surface area (Å²) in [5.41, 5.74) is 7.06. The molecule has 0 aromatic heterocycles. The Kier molecular flexibility index (Phi) is 4.43. The van der Waals surface area contributed by atoms with Crippen molar-refractivity contribution in [2.45, 2.75) is 13.8 Å². The Labute approximate surface area is 115 Å². The first-order valence-corrected chi connectivity index (χ1v) is 6.94. The number of benzene rings is 1. The van der Waals surface area contributed by atoms with Gasteiger partial charge in [0, 0.05) is 38.4 Å². The van der Waals surface area contributed by atoms with Gasteiger partial charge in [-0.25, -0.2) is 0 Å². The van der Waals surface area contributed by atoms with Gasteiger partial charge in [0.2, 0.25) is 0 Å². The van der Waals surface area contributed by atoms with Gasteiger partial charge in [-0.3, -0.25) is 9.69 Å². The SMILES string of the molecule is CC(C)CN1CCN(C(=O)c2ccccc2N)CC1. The molecule has 19 heavy (non-hydrogen) atoms. The smallest absolute Gasteiger partial charge is 0.256 e. The van der Waals surface area contributed by atoms with Crippen molar-refractivity contribution in [3.63, 3.8) is 0 Å². The van der Waals surface area contributed by atoms with E-state index in [1.54, 1.807) is 12.1 Å². The second kappa shape index (κ2) is 6.06. The van der Waals surface area contributed by atoms with Crippen LogP contribution in [-0.2, 0) is 0 Å². The van der Waals surface area contributed by atoms with Gasteiger partial charge in [0.15, 0.2) is 0 Å². The number of amides is 1. The standard InChI is InChI=1S/C15H23N3O/c1-12(2)11-17-7-9-18(10-8-17)15(19)13-5-3-4-6-14(13)16/h3-6,12H,7-11,16H2,1-2H3. The maximum Gasteiger partial charge on any atom is 0.256 e. The molecule has 1 aliphatic heterocycles. The van der Waals surface area contributed by atoms with Gasteiger partial charge in [-0.05, 0) is 18.1 Å². The van der Waals surface area contributed by atoms with Crippen molar-refractivity contribution < 1.29 is 4.79 Å². The summed E-state index contributed by atoms with van der Waals surface area (Å²) in [5, 5.41) is 0. The molecule has 1 heterocycles. The van der Waals surface area contributed by atoms with Crippen LogP contribution in [0.1, 0.15) is 24.2 Å². The van der Waals surface area contributed by atoms with E-state index in [-0.39, 0.29) is 5.91 Å². The Hall–Kier alpha value is -1.55. The number of rotatable bonds is 3. The molecular weight excluding hydrogens is 238 g/mol. The topological polar surface area (TPSA) is 49.6 Å². The number of nitrogens with zero attached hydrogens (tertiary/aromatic N) is 2. The molecule has 0 aliphatic carbocycles. The second-order valence-corrected chi connectivity index (χ2v) is 5.57. The van der Waals surface area contributed by atoms with Gasteiger partial charge < -0.3 is 10.6 Å². The molecule has 0 unspecified atom stereocenters. The van der Waals surface area contributed by atoms with Gasteiger partial charge in [0.05, 0.1) is 5.56 Å². The molecule has 0 atom stereocenters. The summed E-state index contributed by atoms with van der Waals surface area (Å²) in [6, 6.07) is 7.30. The largest absolute Gasteiger partial charge is 0.398 e. The molecule has 1 fully saturated rings. The molecule has 1 aromatic rings. The first-order chi connectivity index (χ1) is 9.08. The normalized spacial score (nSPS) is 16.9. The maximum absolute atomic E-state index is 12.4. The summed E-state index contributed by atoms with van der Waals surface area (Å²) in [7, 11) is 0. The highest BCUT2D eigenvalue weighted by Crippen LogP contribution is 2.15. The molecule has 0 bridgehead atoms. The molecular formula is C15H23N3O. The fraction of sp³-hybridized carbons (Fsp3) is 0.533. The zero-order valence-corrected chi connectivity index (χ0v) is 11.8. The Balaban J connectivity index is 1.95. The summed E-state index contributed by atoms with van der Waals surface area (Å²) in [6.45, 7) is 9.05. The van der Waals surface area contributed by atoms with Crippen molar-refractivity contribution in [2.24, 2.45) is 5.92 Å². The van der Waals surface area contributed by atoms with Gasteiger partial charge >= 0.3 is 0 Å². The third-order valence-electron chi connectivity index (χ3n) is 3.47. The summed E-state index contributed by atoms with van der Waals surface area (Å²) < 4.78 is 0. The number of para-hydroxylation sites is 1. The van der Waals surface area contributed by atoms with E-state index >= 15 is 0 Å². The fourth-order valence-electron chi connectivity index (χ4n) is 2.51. The highest BCUT2D eigenvalue weighted by molar-refractivity contribution is 5.99. The minimum absolute atomic E-state index is 0.0577. The lowest BCUT2D eigenvalue weighted by atomic mass is 10.1. The molecule has 2 N–H and O–H groups in total.